The average Bonchev–Trinajstić information content (AvgIpc) is 3.54. The van der Waals surface area contributed by atoms with E-state index in [4.69, 9.17) is 0 Å². The molecule has 7 heteroatoms. The Bertz CT molecular complexity index is 1250. The number of piperidine rings is 1. The van der Waals surface area contributed by atoms with Gasteiger partial charge in [0.05, 0.1) is 0 Å². The molecule has 39 heavy (non-hydrogen) atoms. The van der Waals surface area contributed by atoms with E-state index in [-0.39, 0.29) is 5.92 Å². The van der Waals surface area contributed by atoms with Gasteiger partial charge in [0.1, 0.15) is 5.60 Å². The summed E-state index contributed by atoms with van der Waals surface area (Å²) in [7, 11) is 0. The third-order valence-electron chi connectivity index (χ3n) is 8.41. The van der Waals surface area contributed by atoms with Gasteiger partial charge in [-0.3, -0.25) is 0 Å². The van der Waals surface area contributed by atoms with Gasteiger partial charge in [-0.25, -0.2) is 5.10 Å². The number of likely N-dealkylation sites (tertiary alicyclic amines) is 1. The highest BCUT2D eigenvalue weighted by molar-refractivity contribution is 5.37. The Labute approximate surface area is 230 Å². The van der Waals surface area contributed by atoms with Crippen molar-refractivity contribution in [3.8, 4) is 0 Å². The first-order valence-electron chi connectivity index (χ1n) is 14.0. The third kappa shape index (κ3) is 5.66. The highest BCUT2D eigenvalue weighted by Gasteiger charge is 2.41. The third-order valence-corrected chi connectivity index (χ3v) is 8.41. The van der Waals surface area contributed by atoms with Gasteiger partial charge in [-0.2, -0.15) is 0 Å². The second kappa shape index (κ2) is 11.8. The van der Waals surface area contributed by atoms with E-state index in [1.54, 1.807) is 0 Å². The predicted molar refractivity (Wildman–Crippen MR) is 152 cm³/mol. The maximum Gasteiger partial charge on any atom is 0.185 e. The quantitative estimate of drug-likeness (QED) is 0.270. The van der Waals surface area contributed by atoms with Crippen molar-refractivity contribution < 1.29 is 10.2 Å². The molecule has 204 valence electrons. The van der Waals surface area contributed by atoms with Crippen LogP contribution >= 0.6 is 0 Å². The molecule has 1 aromatic heterocycles. The van der Waals surface area contributed by atoms with Crippen molar-refractivity contribution in [3.05, 3.63) is 113 Å². The maximum atomic E-state index is 12.2. The van der Waals surface area contributed by atoms with Crippen LogP contribution in [0.15, 0.2) is 84.9 Å². The molecule has 5 rings (SSSR count). The Morgan fingerprint density at radius 3 is 1.95 bits per heavy atom. The molecule has 1 aliphatic rings. The minimum Gasteiger partial charge on any atom is -0.380 e. The van der Waals surface area contributed by atoms with Gasteiger partial charge in [0.25, 0.3) is 0 Å². The number of H-pyrrole nitrogens is 1. The number of aromatic nitrogens is 4. The highest BCUT2D eigenvalue weighted by atomic mass is 16.3. The monoisotopic (exact) mass is 525 g/mol. The summed E-state index contributed by atoms with van der Waals surface area (Å²) in [4.78, 5) is 2.44. The van der Waals surface area contributed by atoms with Crippen LogP contribution in [0.1, 0.15) is 73.5 Å². The number of tetrazole rings is 1. The number of nitrogens with one attached hydrogen (secondary N) is 1. The lowest BCUT2D eigenvalue weighted by Gasteiger charge is -2.42. The molecule has 0 spiro atoms. The summed E-state index contributed by atoms with van der Waals surface area (Å²) < 4.78 is 0. The van der Waals surface area contributed by atoms with Crippen molar-refractivity contribution in [2.24, 2.45) is 5.92 Å². The van der Waals surface area contributed by atoms with Gasteiger partial charge in [0.15, 0.2) is 11.4 Å². The van der Waals surface area contributed by atoms with Gasteiger partial charge in [-0.05, 0) is 89.8 Å². The highest BCUT2D eigenvalue weighted by Crippen LogP contribution is 2.42. The molecule has 1 fully saturated rings. The molecule has 1 atom stereocenters. The van der Waals surface area contributed by atoms with Crippen molar-refractivity contribution in [3.63, 3.8) is 0 Å². The molecule has 3 aromatic carbocycles. The van der Waals surface area contributed by atoms with Crippen LogP contribution in [0.3, 0.4) is 0 Å². The summed E-state index contributed by atoms with van der Waals surface area (Å²) in [6.07, 6.45) is 3.08. The van der Waals surface area contributed by atoms with Crippen molar-refractivity contribution in [1.82, 2.24) is 25.5 Å². The van der Waals surface area contributed by atoms with E-state index in [2.05, 4.69) is 51.5 Å². The van der Waals surface area contributed by atoms with Crippen LogP contribution in [0, 0.1) is 5.92 Å². The van der Waals surface area contributed by atoms with E-state index in [1.165, 1.54) is 5.56 Å². The Morgan fingerprint density at radius 2 is 1.44 bits per heavy atom. The van der Waals surface area contributed by atoms with Crippen molar-refractivity contribution in [2.45, 2.75) is 56.7 Å². The largest absolute Gasteiger partial charge is 0.380 e. The fourth-order valence-electron chi connectivity index (χ4n) is 6.03. The topological polar surface area (TPSA) is 98.2 Å². The van der Waals surface area contributed by atoms with Crippen LogP contribution in [-0.4, -0.2) is 55.4 Å². The molecular formula is C32H39N5O2. The first-order chi connectivity index (χ1) is 18.9. The molecule has 0 aliphatic carbocycles. The number of aromatic amines is 1. The number of hydrogen-bond donors (Lipinski definition) is 3. The van der Waals surface area contributed by atoms with Gasteiger partial charge < -0.3 is 15.1 Å². The van der Waals surface area contributed by atoms with Gasteiger partial charge in [0, 0.05) is 0 Å². The number of hydrogen-bond acceptors (Lipinski definition) is 6. The van der Waals surface area contributed by atoms with E-state index in [0.29, 0.717) is 18.2 Å². The van der Waals surface area contributed by atoms with Crippen molar-refractivity contribution >= 4 is 0 Å². The molecular weight excluding hydrogens is 486 g/mol. The SMILES string of the molecule is CC(C)c1ccc([C@@](O)(CCCN2CCC(C(O)(c3ccccc3)c3ccccc3)CC2)c2nnn[nH]2)cc1. The van der Waals surface area contributed by atoms with Gasteiger partial charge in [-0.1, -0.05) is 98.8 Å². The summed E-state index contributed by atoms with van der Waals surface area (Å²) in [6.45, 7) is 6.97. The lowest BCUT2D eigenvalue weighted by atomic mass is 9.72. The van der Waals surface area contributed by atoms with Crippen LogP contribution in [0.5, 0.6) is 0 Å². The number of benzene rings is 3. The van der Waals surface area contributed by atoms with E-state index >= 15 is 0 Å². The Balaban J connectivity index is 1.25. The van der Waals surface area contributed by atoms with Crippen LogP contribution in [0.4, 0.5) is 0 Å². The Morgan fingerprint density at radius 1 is 0.846 bits per heavy atom. The predicted octanol–water partition coefficient (Wildman–Crippen LogP) is 4.99. The van der Waals surface area contributed by atoms with Gasteiger partial charge >= 0.3 is 0 Å². The summed E-state index contributed by atoms with van der Waals surface area (Å²) in [5.41, 5.74) is 1.62. The fourth-order valence-corrected chi connectivity index (χ4v) is 6.03. The zero-order chi connectivity index (χ0) is 27.3. The zero-order valence-corrected chi connectivity index (χ0v) is 22.9. The van der Waals surface area contributed by atoms with Crippen molar-refractivity contribution in [1.29, 1.82) is 0 Å². The minimum atomic E-state index is -1.28. The summed E-state index contributed by atoms with van der Waals surface area (Å²) in [5, 5.41) is 38.3. The summed E-state index contributed by atoms with van der Waals surface area (Å²) in [6, 6.07) is 28.2. The van der Waals surface area contributed by atoms with Crippen LogP contribution < -0.4 is 0 Å². The standard InChI is InChI=1S/C32H39N5O2/c1-24(2)25-14-16-26(17-15-25)31(38,30-33-35-36-34-30)20-9-21-37-22-18-29(19-23-37)32(39,27-10-5-3-6-11-27)28-12-7-4-8-13-28/h3-8,10-17,24,29,38-39H,9,18-23H2,1-2H3,(H,33,34,35,36)/t31-/m0/s1. The van der Waals surface area contributed by atoms with E-state index in [1.807, 2.05) is 72.8 Å². The van der Waals surface area contributed by atoms with E-state index in [0.717, 1.165) is 55.6 Å². The molecule has 0 radical (unpaired) electrons. The second-order valence-corrected chi connectivity index (χ2v) is 11.1. The molecule has 2 heterocycles. The van der Waals surface area contributed by atoms with E-state index in [9.17, 15) is 10.2 Å². The number of rotatable bonds is 10. The Kier molecular flexibility index (Phi) is 8.21. The van der Waals surface area contributed by atoms with Crippen LogP contribution in [0.2, 0.25) is 0 Å². The average molecular weight is 526 g/mol. The summed E-state index contributed by atoms with van der Waals surface area (Å²) >= 11 is 0. The van der Waals surface area contributed by atoms with Gasteiger partial charge in [-0.15, -0.1) is 5.10 Å². The first kappa shape index (κ1) is 27.2. The molecule has 7 nitrogen and oxygen atoms in total. The van der Waals surface area contributed by atoms with Crippen molar-refractivity contribution in [2.75, 3.05) is 19.6 Å². The van der Waals surface area contributed by atoms with Gasteiger partial charge in [0.2, 0.25) is 0 Å². The maximum absolute atomic E-state index is 12.2. The van der Waals surface area contributed by atoms with Crippen LogP contribution in [0.25, 0.3) is 0 Å². The normalized spacial score (nSPS) is 16.8. The minimum absolute atomic E-state index is 0.121. The van der Waals surface area contributed by atoms with Crippen LogP contribution in [-0.2, 0) is 11.2 Å². The lowest BCUT2D eigenvalue weighted by molar-refractivity contribution is -0.0154. The fraction of sp³-hybridized carbons (Fsp3) is 0.406. The molecule has 4 aromatic rings. The molecule has 1 saturated heterocycles. The Hall–Kier alpha value is -3.39. The lowest BCUT2D eigenvalue weighted by Crippen LogP contribution is -2.44. The second-order valence-electron chi connectivity index (χ2n) is 11.1. The molecule has 3 N–H and O–H groups in total. The molecule has 0 bridgehead atoms. The smallest absolute Gasteiger partial charge is 0.185 e. The molecule has 0 unspecified atom stereocenters. The summed E-state index contributed by atoms with van der Waals surface area (Å²) in [5.74, 6) is 0.910. The first-order valence-corrected chi connectivity index (χ1v) is 14.0. The van der Waals surface area contributed by atoms with E-state index < -0.39 is 11.2 Å². The number of aliphatic hydroxyl groups is 2. The molecule has 0 saturated carbocycles. The number of nitrogens with zero attached hydrogens (tertiary/aromatic N) is 4. The zero-order valence-electron chi connectivity index (χ0n) is 22.9. The molecule has 1 aliphatic heterocycles. The molecule has 0 amide bonds.